The summed E-state index contributed by atoms with van der Waals surface area (Å²) >= 11 is 0. The number of rotatable bonds is 6. The molecule has 0 spiro atoms. The number of benzene rings is 1. The van der Waals surface area contributed by atoms with E-state index < -0.39 is 0 Å². The quantitative estimate of drug-likeness (QED) is 0.814. The number of fused-ring (bicyclic) bond motifs is 1. The third-order valence-corrected chi connectivity index (χ3v) is 3.22. The highest BCUT2D eigenvalue weighted by Crippen LogP contribution is 2.35. The van der Waals surface area contributed by atoms with Crippen LogP contribution in [0.15, 0.2) is 18.2 Å². The van der Waals surface area contributed by atoms with Gasteiger partial charge < -0.3 is 20.5 Å². The van der Waals surface area contributed by atoms with Crippen LogP contribution < -0.4 is 20.5 Å². The van der Waals surface area contributed by atoms with Gasteiger partial charge in [0.2, 0.25) is 12.7 Å². The van der Waals surface area contributed by atoms with Crippen molar-refractivity contribution in [3.05, 3.63) is 23.8 Å². The first-order valence-corrected chi connectivity index (χ1v) is 6.55. The molecule has 2 rings (SSSR count). The Bertz CT molecular complexity index is 448. The van der Waals surface area contributed by atoms with E-state index in [-0.39, 0.29) is 12.7 Å². The van der Waals surface area contributed by atoms with E-state index in [0.717, 1.165) is 23.5 Å². The Morgan fingerprint density at radius 1 is 1.47 bits per heavy atom. The highest BCUT2D eigenvalue weighted by atomic mass is 16.7. The summed E-state index contributed by atoms with van der Waals surface area (Å²) in [5.41, 5.74) is 6.46. The molecule has 0 aliphatic carbocycles. The summed E-state index contributed by atoms with van der Waals surface area (Å²) in [6.45, 7) is 3.36. The second kappa shape index (κ2) is 6.43. The van der Waals surface area contributed by atoms with E-state index in [4.69, 9.17) is 15.2 Å². The van der Waals surface area contributed by atoms with Crippen molar-refractivity contribution >= 4 is 5.91 Å². The largest absolute Gasteiger partial charge is 0.454 e. The van der Waals surface area contributed by atoms with Crippen molar-refractivity contribution in [3.8, 4) is 11.5 Å². The van der Waals surface area contributed by atoms with Gasteiger partial charge in [-0.2, -0.15) is 0 Å². The van der Waals surface area contributed by atoms with Crippen molar-refractivity contribution in [1.82, 2.24) is 5.32 Å². The maximum atomic E-state index is 11.7. The number of carbonyl (C=O) groups excluding carboxylic acids is 1. The smallest absolute Gasteiger partial charge is 0.231 e. The summed E-state index contributed by atoms with van der Waals surface area (Å²) in [7, 11) is 0. The van der Waals surface area contributed by atoms with Crippen LogP contribution >= 0.6 is 0 Å². The molecule has 1 unspecified atom stereocenters. The number of hydrogen-bond donors (Lipinski definition) is 2. The number of nitrogens with two attached hydrogens (primary N) is 1. The van der Waals surface area contributed by atoms with Gasteiger partial charge >= 0.3 is 0 Å². The topological polar surface area (TPSA) is 73.6 Å². The number of ether oxygens (including phenoxy) is 2. The minimum absolute atomic E-state index is 0.0387. The first-order chi connectivity index (χ1) is 9.20. The lowest BCUT2D eigenvalue weighted by molar-refractivity contribution is -0.121. The Hall–Kier alpha value is -1.75. The van der Waals surface area contributed by atoms with E-state index in [0.29, 0.717) is 25.4 Å². The Morgan fingerprint density at radius 2 is 2.32 bits per heavy atom. The average Bonchev–Trinajstić information content (AvgIpc) is 2.91. The number of carbonyl (C=O) groups is 1. The first-order valence-electron chi connectivity index (χ1n) is 6.55. The predicted molar refractivity (Wildman–Crippen MR) is 71.9 cm³/mol. The molecule has 0 fully saturated rings. The van der Waals surface area contributed by atoms with E-state index in [1.807, 2.05) is 25.1 Å². The van der Waals surface area contributed by atoms with Crippen LogP contribution in [0.4, 0.5) is 0 Å². The molecular weight excluding hydrogens is 244 g/mol. The van der Waals surface area contributed by atoms with E-state index in [9.17, 15) is 4.79 Å². The minimum Gasteiger partial charge on any atom is -0.454 e. The van der Waals surface area contributed by atoms with Crippen molar-refractivity contribution in [3.63, 3.8) is 0 Å². The van der Waals surface area contributed by atoms with E-state index in [2.05, 4.69) is 5.32 Å². The molecule has 0 saturated carbocycles. The zero-order chi connectivity index (χ0) is 13.7. The Kier molecular flexibility index (Phi) is 4.63. The molecule has 0 aromatic heterocycles. The fraction of sp³-hybridized carbons (Fsp3) is 0.500. The Morgan fingerprint density at radius 3 is 3.11 bits per heavy atom. The van der Waals surface area contributed by atoms with Crippen LogP contribution in [-0.2, 0) is 11.3 Å². The molecule has 1 aromatic carbocycles. The molecule has 1 heterocycles. The van der Waals surface area contributed by atoms with Crippen LogP contribution in [0, 0.1) is 5.92 Å². The SMILES string of the molecule is CC(CN)CCC(=O)NCc1cccc2c1OCO2. The van der Waals surface area contributed by atoms with E-state index in [1.165, 1.54) is 0 Å². The molecule has 3 N–H and O–H groups in total. The fourth-order valence-corrected chi connectivity index (χ4v) is 1.91. The molecule has 0 radical (unpaired) electrons. The second-order valence-electron chi connectivity index (χ2n) is 4.81. The normalized spacial score (nSPS) is 14.2. The van der Waals surface area contributed by atoms with Crippen LogP contribution in [0.25, 0.3) is 0 Å². The fourth-order valence-electron chi connectivity index (χ4n) is 1.91. The molecule has 1 atom stereocenters. The van der Waals surface area contributed by atoms with Gasteiger partial charge in [-0.3, -0.25) is 4.79 Å². The molecule has 5 heteroatoms. The number of para-hydroxylation sites is 1. The van der Waals surface area contributed by atoms with Crippen molar-refractivity contribution < 1.29 is 14.3 Å². The molecule has 1 aromatic rings. The number of nitrogens with one attached hydrogen (secondary N) is 1. The van der Waals surface area contributed by atoms with Crippen molar-refractivity contribution in [2.75, 3.05) is 13.3 Å². The Labute approximate surface area is 113 Å². The first kappa shape index (κ1) is 13.7. The summed E-state index contributed by atoms with van der Waals surface area (Å²) in [6, 6.07) is 5.68. The summed E-state index contributed by atoms with van der Waals surface area (Å²) in [6.07, 6.45) is 1.32. The minimum atomic E-state index is 0.0387. The van der Waals surface area contributed by atoms with Crippen LogP contribution in [-0.4, -0.2) is 19.2 Å². The molecular formula is C14H20N2O3. The number of amides is 1. The summed E-state index contributed by atoms with van der Waals surface area (Å²) in [5, 5.41) is 2.89. The number of hydrogen-bond acceptors (Lipinski definition) is 4. The van der Waals surface area contributed by atoms with Gasteiger partial charge in [0.1, 0.15) is 0 Å². The maximum absolute atomic E-state index is 11.7. The van der Waals surface area contributed by atoms with Crippen LogP contribution in [0.3, 0.4) is 0 Å². The zero-order valence-corrected chi connectivity index (χ0v) is 11.1. The lowest BCUT2D eigenvalue weighted by atomic mass is 10.1. The maximum Gasteiger partial charge on any atom is 0.231 e. The monoisotopic (exact) mass is 264 g/mol. The molecule has 1 aliphatic rings. The summed E-state index contributed by atoms with van der Waals surface area (Å²) < 4.78 is 10.7. The molecule has 104 valence electrons. The molecule has 1 aliphatic heterocycles. The Balaban J connectivity index is 1.83. The van der Waals surface area contributed by atoms with E-state index >= 15 is 0 Å². The van der Waals surface area contributed by atoms with Crippen molar-refractivity contribution in [2.24, 2.45) is 11.7 Å². The molecule has 19 heavy (non-hydrogen) atoms. The highest BCUT2D eigenvalue weighted by molar-refractivity contribution is 5.76. The summed E-state index contributed by atoms with van der Waals surface area (Å²) in [5.74, 6) is 1.89. The van der Waals surface area contributed by atoms with Gasteiger partial charge in [0.25, 0.3) is 0 Å². The molecule has 1 amide bonds. The second-order valence-corrected chi connectivity index (χ2v) is 4.81. The third kappa shape index (κ3) is 3.61. The van der Waals surface area contributed by atoms with Crippen LogP contribution in [0.5, 0.6) is 11.5 Å². The third-order valence-electron chi connectivity index (χ3n) is 3.22. The van der Waals surface area contributed by atoms with Crippen molar-refractivity contribution in [1.29, 1.82) is 0 Å². The highest BCUT2D eigenvalue weighted by Gasteiger charge is 2.17. The molecule has 0 bridgehead atoms. The van der Waals surface area contributed by atoms with Gasteiger partial charge in [-0.25, -0.2) is 0 Å². The van der Waals surface area contributed by atoms with Crippen molar-refractivity contribution in [2.45, 2.75) is 26.3 Å². The average molecular weight is 264 g/mol. The van der Waals surface area contributed by atoms with Gasteiger partial charge in [0, 0.05) is 18.5 Å². The van der Waals surface area contributed by atoms with Gasteiger partial charge in [0.15, 0.2) is 11.5 Å². The van der Waals surface area contributed by atoms with Gasteiger partial charge in [0.05, 0.1) is 0 Å². The zero-order valence-electron chi connectivity index (χ0n) is 11.1. The van der Waals surface area contributed by atoms with Crippen LogP contribution in [0.2, 0.25) is 0 Å². The van der Waals surface area contributed by atoms with Gasteiger partial charge in [-0.15, -0.1) is 0 Å². The van der Waals surface area contributed by atoms with Gasteiger partial charge in [-0.1, -0.05) is 19.1 Å². The predicted octanol–water partition coefficient (Wildman–Crippen LogP) is 1.41. The summed E-state index contributed by atoms with van der Waals surface area (Å²) in [4.78, 5) is 11.7. The lowest BCUT2D eigenvalue weighted by Crippen LogP contribution is -2.24. The lowest BCUT2D eigenvalue weighted by Gasteiger charge is -2.10. The van der Waals surface area contributed by atoms with E-state index in [1.54, 1.807) is 0 Å². The van der Waals surface area contributed by atoms with Crippen LogP contribution in [0.1, 0.15) is 25.3 Å². The molecule has 5 nitrogen and oxygen atoms in total. The molecule has 0 saturated heterocycles. The standard InChI is InChI=1S/C14H20N2O3/c1-10(7-15)5-6-13(17)16-8-11-3-2-4-12-14(11)19-9-18-12/h2-4,10H,5-9,15H2,1H3,(H,16,17). The van der Waals surface area contributed by atoms with Gasteiger partial charge in [-0.05, 0) is 24.9 Å².